The molecule has 6 rings (SSSR count). The largest absolute Gasteiger partial charge is 0.398 e. The zero-order chi connectivity index (χ0) is 33.2. The van der Waals surface area contributed by atoms with Gasteiger partial charge in [-0.25, -0.2) is 23.1 Å². The predicted octanol–water partition coefficient (Wildman–Crippen LogP) is 6.26. The van der Waals surface area contributed by atoms with Crippen LogP contribution in [0.25, 0.3) is 11.1 Å². The Morgan fingerprint density at radius 2 is 1.98 bits per heavy atom. The molecular formula is C34H38F3N7O2S. The Labute approximate surface area is 275 Å². The lowest BCUT2D eigenvalue weighted by Crippen LogP contribution is -2.35. The number of nitrogens with zero attached hydrogens (tertiary/aromatic N) is 5. The lowest BCUT2D eigenvalue weighted by Gasteiger charge is -2.33. The number of nitrogens with two attached hydrogens (primary N) is 1. The van der Waals surface area contributed by atoms with Gasteiger partial charge in [0.25, 0.3) is 12.3 Å². The van der Waals surface area contributed by atoms with Crippen molar-refractivity contribution < 1.29 is 23.1 Å². The van der Waals surface area contributed by atoms with E-state index in [0.717, 1.165) is 43.4 Å². The summed E-state index contributed by atoms with van der Waals surface area (Å²) in [6, 6.07) is 8.41. The van der Waals surface area contributed by atoms with Crippen LogP contribution in [0.3, 0.4) is 0 Å². The Morgan fingerprint density at radius 1 is 1.23 bits per heavy atom. The van der Waals surface area contributed by atoms with E-state index < -0.39 is 24.5 Å². The molecule has 0 bridgehead atoms. The lowest BCUT2D eigenvalue weighted by atomic mass is 9.91. The van der Waals surface area contributed by atoms with E-state index in [0.29, 0.717) is 28.0 Å². The molecule has 0 saturated heterocycles. The van der Waals surface area contributed by atoms with E-state index in [1.807, 2.05) is 24.3 Å². The molecule has 2 aromatic carbocycles. The number of aliphatic hydroxyl groups is 1. The second-order valence-corrected chi connectivity index (χ2v) is 13.3. The number of hydrogen-bond acceptors (Lipinski definition) is 8. The summed E-state index contributed by atoms with van der Waals surface area (Å²) in [7, 11) is 2.08. The SMILES string of the molecule is Cc1c(-c2ccc(CN(C)C3CCC(O)CC3)cc2)cc(C(F)F)c(C=NC(C(=O)Nc2nccs2)c2ncn3c2C[C@@H](F)C3)c1N. The first-order chi connectivity index (χ1) is 22.6. The highest BCUT2D eigenvalue weighted by atomic mass is 32.1. The quantitative estimate of drug-likeness (QED) is 0.136. The van der Waals surface area contributed by atoms with Crippen LogP contribution < -0.4 is 11.1 Å². The number of imidazole rings is 1. The fraction of sp³-hybridized carbons (Fsp3) is 0.412. The third-order valence-electron chi connectivity index (χ3n) is 9.24. The third kappa shape index (κ3) is 7.12. The number of nitrogens with one attached hydrogen (secondary N) is 1. The number of carbonyl (C=O) groups excluding carboxylic acids is 1. The van der Waals surface area contributed by atoms with Crippen LogP contribution in [-0.4, -0.2) is 62.0 Å². The van der Waals surface area contributed by atoms with Gasteiger partial charge in [-0.15, -0.1) is 11.3 Å². The maximum absolute atomic E-state index is 14.6. The smallest absolute Gasteiger partial charge is 0.264 e. The molecule has 2 aliphatic rings. The summed E-state index contributed by atoms with van der Waals surface area (Å²) in [5, 5.41) is 14.6. The molecule has 2 atom stereocenters. The van der Waals surface area contributed by atoms with Crippen LogP contribution in [0.4, 0.5) is 24.0 Å². The molecule has 4 aromatic rings. The number of thiazole rings is 1. The van der Waals surface area contributed by atoms with Crippen LogP contribution in [0.2, 0.25) is 0 Å². The summed E-state index contributed by atoms with van der Waals surface area (Å²) in [5.41, 5.74) is 10.2. The van der Waals surface area contributed by atoms with E-state index in [2.05, 4.69) is 32.2 Å². The number of hydrogen-bond donors (Lipinski definition) is 3. The van der Waals surface area contributed by atoms with Crippen LogP contribution in [0.15, 0.2) is 53.2 Å². The van der Waals surface area contributed by atoms with Crippen molar-refractivity contribution in [2.24, 2.45) is 4.99 Å². The summed E-state index contributed by atoms with van der Waals surface area (Å²) in [6.45, 7) is 2.63. The zero-order valence-corrected chi connectivity index (χ0v) is 27.1. The summed E-state index contributed by atoms with van der Waals surface area (Å²) in [4.78, 5) is 28.6. The number of anilines is 2. The number of alkyl halides is 3. The molecule has 3 heterocycles. The van der Waals surface area contributed by atoms with Gasteiger partial charge in [0.15, 0.2) is 11.2 Å². The van der Waals surface area contributed by atoms with Crippen LogP contribution in [-0.2, 0) is 24.3 Å². The Morgan fingerprint density at radius 3 is 2.66 bits per heavy atom. The van der Waals surface area contributed by atoms with Gasteiger partial charge in [-0.3, -0.25) is 20.0 Å². The minimum atomic E-state index is -2.87. The number of aliphatic hydroxyl groups excluding tert-OH is 1. The zero-order valence-electron chi connectivity index (χ0n) is 26.2. The van der Waals surface area contributed by atoms with E-state index in [1.54, 1.807) is 16.9 Å². The van der Waals surface area contributed by atoms with Crippen molar-refractivity contribution in [2.75, 3.05) is 18.1 Å². The molecule has 9 nitrogen and oxygen atoms in total. The fourth-order valence-electron chi connectivity index (χ4n) is 6.56. The molecular weight excluding hydrogens is 627 g/mol. The van der Waals surface area contributed by atoms with Crippen molar-refractivity contribution >= 4 is 34.3 Å². The maximum Gasteiger partial charge on any atom is 0.264 e. The van der Waals surface area contributed by atoms with Gasteiger partial charge >= 0.3 is 0 Å². The normalized spacial score (nSPS) is 20.3. The second-order valence-electron chi connectivity index (χ2n) is 12.4. The average molecular weight is 666 g/mol. The maximum atomic E-state index is 14.6. The predicted molar refractivity (Wildman–Crippen MR) is 178 cm³/mol. The molecule has 1 fully saturated rings. The van der Waals surface area contributed by atoms with Crippen molar-refractivity contribution in [1.29, 1.82) is 0 Å². The van der Waals surface area contributed by atoms with E-state index in [1.165, 1.54) is 36.1 Å². The number of carbonyl (C=O) groups is 1. The van der Waals surface area contributed by atoms with Gasteiger partial charge in [0, 0.05) is 59.3 Å². The molecule has 47 heavy (non-hydrogen) atoms. The monoisotopic (exact) mass is 665 g/mol. The summed E-state index contributed by atoms with van der Waals surface area (Å²) < 4.78 is 45.1. The highest BCUT2D eigenvalue weighted by molar-refractivity contribution is 7.13. The Kier molecular flexibility index (Phi) is 9.76. The molecule has 1 unspecified atom stereocenters. The van der Waals surface area contributed by atoms with Gasteiger partial charge in [-0.1, -0.05) is 24.3 Å². The minimum absolute atomic E-state index is 0.0170. The first-order valence-corrected chi connectivity index (χ1v) is 16.6. The van der Waals surface area contributed by atoms with E-state index in [-0.39, 0.29) is 41.6 Å². The molecule has 1 amide bonds. The van der Waals surface area contributed by atoms with Crippen LogP contribution >= 0.6 is 11.3 Å². The van der Waals surface area contributed by atoms with Crippen molar-refractivity contribution in [3.8, 4) is 11.1 Å². The minimum Gasteiger partial charge on any atom is -0.398 e. The first kappa shape index (κ1) is 32.9. The standard InChI is InChI=1S/C34H38F3N7O2S/c1-19-25(21-5-3-20(4-6-21)16-43(2)23-7-9-24(45)10-8-23)14-26(32(36)37)27(29(19)38)15-40-31(33(46)42-34-39-11-12-47-34)30-28-13-22(35)17-44(28)18-41-30/h3-6,11-12,14-15,18,22-24,31-32,45H,7-10,13,16-17,38H2,1-2H3,(H,39,42,46)/t22-,23?,24?,31?/m1/s1. The number of aliphatic imine (C=N–C) groups is 1. The summed E-state index contributed by atoms with van der Waals surface area (Å²) >= 11 is 1.22. The number of rotatable bonds is 10. The number of nitrogen functional groups attached to an aromatic ring is 1. The third-order valence-corrected chi connectivity index (χ3v) is 9.93. The van der Waals surface area contributed by atoms with E-state index >= 15 is 0 Å². The first-order valence-electron chi connectivity index (χ1n) is 15.7. The van der Waals surface area contributed by atoms with Crippen molar-refractivity contribution in [3.05, 3.63) is 81.9 Å². The van der Waals surface area contributed by atoms with Gasteiger partial charge in [0.05, 0.1) is 24.7 Å². The summed E-state index contributed by atoms with van der Waals surface area (Å²) in [5.74, 6) is -0.572. The van der Waals surface area contributed by atoms with Crippen molar-refractivity contribution in [3.63, 3.8) is 0 Å². The van der Waals surface area contributed by atoms with Gasteiger partial charge < -0.3 is 15.4 Å². The Hall–Kier alpha value is -4.07. The molecule has 2 aromatic heterocycles. The van der Waals surface area contributed by atoms with Gasteiger partial charge in [0.2, 0.25) is 0 Å². The van der Waals surface area contributed by atoms with E-state index in [9.17, 15) is 23.1 Å². The van der Waals surface area contributed by atoms with Crippen LogP contribution in [0, 0.1) is 6.92 Å². The van der Waals surface area contributed by atoms with Gasteiger partial charge in [-0.05, 0) is 68.0 Å². The van der Waals surface area contributed by atoms with Crippen LogP contribution in [0.5, 0.6) is 0 Å². The number of aromatic nitrogens is 3. The Balaban J connectivity index is 1.28. The molecule has 1 aliphatic carbocycles. The molecule has 13 heteroatoms. The fourth-order valence-corrected chi connectivity index (χ4v) is 7.10. The van der Waals surface area contributed by atoms with E-state index in [4.69, 9.17) is 5.73 Å². The highest BCUT2D eigenvalue weighted by Crippen LogP contribution is 2.37. The lowest BCUT2D eigenvalue weighted by molar-refractivity contribution is -0.117. The number of fused-ring (bicyclic) bond motifs is 1. The van der Waals surface area contributed by atoms with Crippen molar-refractivity contribution in [1.82, 2.24) is 19.4 Å². The van der Waals surface area contributed by atoms with Gasteiger partial charge in [-0.2, -0.15) is 0 Å². The molecule has 4 N–H and O–H groups in total. The Bertz CT molecular complexity index is 1740. The average Bonchev–Trinajstić information content (AvgIpc) is 3.78. The number of benzene rings is 2. The molecule has 248 valence electrons. The highest BCUT2D eigenvalue weighted by Gasteiger charge is 2.32. The molecule has 1 saturated carbocycles. The second kappa shape index (κ2) is 14.0. The number of amides is 1. The number of halogens is 3. The van der Waals surface area contributed by atoms with Gasteiger partial charge in [0.1, 0.15) is 6.17 Å². The molecule has 0 radical (unpaired) electrons. The van der Waals surface area contributed by atoms with Crippen LogP contribution in [0.1, 0.15) is 71.8 Å². The van der Waals surface area contributed by atoms with Crippen molar-refractivity contribution in [2.45, 2.75) is 82.9 Å². The summed E-state index contributed by atoms with van der Waals surface area (Å²) in [6.07, 6.45) is 3.63. The molecule has 1 aliphatic heterocycles. The topological polar surface area (TPSA) is 122 Å². The molecule has 0 spiro atoms.